The van der Waals surface area contributed by atoms with Crippen molar-refractivity contribution in [3.63, 3.8) is 0 Å². The van der Waals surface area contributed by atoms with Crippen LogP contribution in [0.25, 0.3) is 5.65 Å². The van der Waals surface area contributed by atoms with Crippen molar-refractivity contribution >= 4 is 22.8 Å². The number of hydrogen-bond acceptors (Lipinski definition) is 6. The Kier molecular flexibility index (Phi) is 4.18. The van der Waals surface area contributed by atoms with Crippen LogP contribution in [0.15, 0.2) is 65.5 Å². The summed E-state index contributed by atoms with van der Waals surface area (Å²) in [5, 5.41) is 4.64. The highest BCUT2D eigenvalue weighted by Gasteiger charge is 2.16. The third kappa shape index (κ3) is 3.06. The average molecular weight is 349 g/mol. The summed E-state index contributed by atoms with van der Waals surface area (Å²) in [6.07, 6.45) is 5.11. The molecule has 132 valence electrons. The van der Waals surface area contributed by atoms with Crippen molar-refractivity contribution in [2.75, 3.05) is 17.2 Å². The lowest BCUT2D eigenvalue weighted by atomic mass is 10.2. The number of hydrogen-bond donors (Lipinski definition) is 1. The van der Waals surface area contributed by atoms with E-state index in [2.05, 4.69) is 10.1 Å². The van der Waals surface area contributed by atoms with E-state index in [1.54, 1.807) is 23.2 Å². The maximum absolute atomic E-state index is 6.16. The lowest BCUT2D eigenvalue weighted by Crippen LogP contribution is -2.19. The van der Waals surface area contributed by atoms with Crippen LogP contribution in [0.1, 0.15) is 12.7 Å². The van der Waals surface area contributed by atoms with E-state index in [9.17, 15) is 0 Å². The molecule has 0 saturated carbocycles. The van der Waals surface area contributed by atoms with E-state index < -0.39 is 0 Å². The second-order valence-electron chi connectivity index (χ2n) is 5.75. The Morgan fingerprint density at radius 3 is 2.81 bits per heavy atom. The van der Waals surface area contributed by atoms with Crippen LogP contribution in [-0.4, -0.2) is 21.2 Å². The molecular weight excluding hydrogens is 330 g/mol. The lowest BCUT2D eigenvalue weighted by molar-refractivity contribution is 0.340. The first-order chi connectivity index (χ1) is 12.7. The molecule has 0 aliphatic rings. The molecule has 3 heterocycles. The minimum Gasteiger partial charge on any atom is -0.494 e. The van der Waals surface area contributed by atoms with Gasteiger partial charge in [0.1, 0.15) is 11.5 Å². The normalized spacial score (nSPS) is 11.0. The van der Waals surface area contributed by atoms with Gasteiger partial charge in [0.2, 0.25) is 0 Å². The number of aromatic nitrogens is 3. The quantitative estimate of drug-likeness (QED) is 0.572. The number of benzene rings is 1. The van der Waals surface area contributed by atoms with Gasteiger partial charge in [-0.15, -0.1) is 5.10 Å². The Bertz CT molecular complexity index is 993. The molecule has 0 spiro atoms. The summed E-state index contributed by atoms with van der Waals surface area (Å²) in [5.74, 6) is 2.35. The fourth-order valence-electron chi connectivity index (χ4n) is 2.81. The molecule has 7 heteroatoms. The van der Waals surface area contributed by atoms with Gasteiger partial charge in [0, 0.05) is 24.1 Å². The van der Waals surface area contributed by atoms with Crippen LogP contribution in [0, 0.1) is 0 Å². The molecular formula is C19H19N5O2. The SMILES string of the molecule is CCOc1ccc(N(Cc2ccco2)c2cc(N)c3nccn3n2)cc1. The average Bonchev–Trinajstić information content (AvgIpc) is 3.32. The first kappa shape index (κ1) is 16.0. The van der Waals surface area contributed by atoms with E-state index >= 15 is 0 Å². The van der Waals surface area contributed by atoms with Gasteiger partial charge >= 0.3 is 0 Å². The van der Waals surface area contributed by atoms with Gasteiger partial charge in [-0.1, -0.05) is 0 Å². The molecule has 1 aromatic carbocycles. The summed E-state index contributed by atoms with van der Waals surface area (Å²) in [4.78, 5) is 6.25. The molecule has 2 N–H and O–H groups in total. The van der Waals surface area contributed by atoms with Gasteiger partial charge in [-0.3, -0.25) is 0 Å². The first-order valence-corrected chi connectivity index (χ1v) is 8.37. The molecule has 0 aliphatic heterocycles. The number of ether oxygens (including phenoxy) is 1. The molecule has 0 fully saturated rings. The van der Waals surface area contributed by atoms with Gasteiger partial charge < -0.3 is 19.8 Å². The summed E-state index contributed by atoms with van der Waals surface area (Å²) < 4.78 is 12.7. The molecule has 0 saturated heterocycles. The van der Waals surface area contributed by atoms with Crippen molar-refractivity contribution < 1.29 is 9.15 Å². The molecule has 26 heavy (non-hydrogen) atoms. The number of furan rings is 1. The van der Waals surface area contributed by atoms with Crippen molar-refractivity contribution in [2.45, 2.75) is 13.5 Å². The number of nitrogens with zero attached hydrogens (tertiary/aromatic N) is 4. The van der Waals surface area contributed by atoms with E-state index in [-0.39, 0.29) is 0 Å². The monoisotopic (exact) mass is 349 g/mol. The summed E-state index contributed by atoms with van der Waals surface area (Å²) in [7, 11) is 0. The standard InChI is InChI=1S/C19H19N5O2/c1-2-25-15-7-5-14(6-8-15)23(13-16-4-3-11-26-16)18-12-17(20)19-21-9-10-24(19)22-18/h3-12H,2,13,20H2,1H3. The maximum Gasteiger partial charge on any atom is 0.176 e. The maximum atomic E-state index is 6.16. The van der Waals surface area contributed by atoms with E-state index in [0.717, 1.165) is 17.2 Å². The number of fused-ring (bicyclic) bond motifs is 1. The third-order valence-corrected chi connectivity index (χ3v) is 4.00. The van der Waals surface area contributed by atoms with Crippen LogP contribution < -0.4 is 15.4 Å². The summed E-state index contributed by atoms with van der Waals surface area (Å²) in [5.41, 5.74) is 8.32. The largest absolute Gasteiger partial charge is 0.494 e. The molecule has 3 aromatic heterocycles. The zero-order valence-corrected chi connectivity index (χ0v) is 14.4. The number of imidazole rings is 1. The first-order valence-electron chi connectivity index (χ1n) is 8.37. The fourth-order valence-corrected chi connectivity index (χ4v) is 2.81. The number of anilines is 3. The highest BCUT2D eigenvalue weighted by Crippen LogP contribution is 2.29. The Labute approximate surface area is 150 Å². The summed E-state index contributed by atoms with van der Waals surface area (Å²) in [6, 6.07) is 13.5. The molecule has 0 aliphatic carbocycles. The second kappa shape index (κ2) is 6.79. The van der Waals surface area contributed by atoms with Crippen LogP contribution in [0.4, 0.5) is 17.2 Å². The Balaban J connectivity index is 1.76. The number of rotatable bonds is 6. The second-order valence-corrected chi connectivity index (χ2v) is 5.75. The van der Waals surface area contributed by atoms with Crippen LogP contribution in [0.2, 0.25) is 0 Å². The fraction of sp³-hybridized carbons (Fsp3) is 0.158. The van der Waals surface area contributed by atoms with Crippen LogP contribution >= 0.6 is 0 Å². The van der Waals surface area contributed by atoms with Gasteiger partial charge in [-0.2, -0.15) is 0 Å². The van der Waals surface area contributed by atoms with E-state index in [1.807, 2.05) is 54.3 Å². The van der Waals surface area contributed by atoms with Gasteiger partial charge in [0.25, 0.3) is 0 Å². The molecule has 0 amide bonds. The van der Waals surface area contributed by atoms with Crippen LogP contribution in [0.5, 0.6) is 5.75 Å². The predicted octanol–water partition coefficient (Wildman–Crippen LogP) is 3.64. The molecule has 0 radical (unpaired) electrons. The topological polar surface area (TPSA) is 81.8 Å². The Hall–Kier alpha value is -3.48. The molecule has 4 aromatic rings. The van der Waals surface area contributed by atoms with Crippen molar-refractivity contribution in [1.82, 2.24) is 14.6 Å². The van der Waals surface area contributed by atoms with Crippen molar-refractivity contribution in [3.05, 3.63) is 66.9 Å². The lowest BCUT2D eigenvalue weighted by Gasteiger charge is -2.23. The molecule has 0 atom stereocenters. The zero-order valence-electron chi connectivity index (χ0n) is 14.4. The number of nitrogens with two attached hydrogens (primary N) is 1. The van der Waals surface area contributed by atoms with E-state index in [0.29, 0.717) is 30.3 Å². The summed E-state index contributed by atoms with van der Waals surface area (Å²) in [6.45, 7) is 3.11. The van der Waals surface area contributed by atoms with Gasteiger partial charge in [0.05, 0.1) is 25.1 Å². The Morgan fingerprint density at radius 2 is 2.08 bits per heavy atom. The molecule has 7 nitrogen and oxygen atoms in total. The molecule has 0 bridgehead atoms. The minimum absolute atomic E-state index is 0.521. The zero-order chi connectivity index (χ0) is 17.9. The third-order valence-electron chi connectivity index (χ3n) is 4.00. The highest BCUT2D eigenvalue weighted by molar-refractivity contribution is 5.71. The van der Waals surface area contributed by atoms with Gasteiger partial charge in [-0.05, 0) is 43.3 Å². The molecule has 4 rings (SSSR count). The van der Waals surface area contributed by atoms with Crippen molar-refractivity contribution in [1.29, 1.82) is 0 Å². The van der Waals surface area contributed by atoms with Crippen LogP contribution in [-0.2, 0) is 6.54 Å². The van der Waals surface area contributed by atoms with Crippen molar-refractivity contribution in [3.8, 4) is 5.75 Å². The smallest absolute Gasteiger partial charge is 0.176 e. The van der Waals surface area contributed by atoms with Gasteiger partial charge in [0.15, 0.2) is 11.5 Å². The molecule has 0 unspecified atom stereocenters. The predicted molar refractivity (Wildman–Crippen MR) is 99.6 cm³/mol. The summed E-state index contributed by atoms with van der Waals surface area (Å²) >= 11 is 0. The minimum atomic E-state index is 0.521. The van der Waals surface area contributed by atoms with Crippen LogP contribution in [0.3, 0.4) is 0 Å². The van der Waals surface area contributed by atoms with E-state index in [4.69, 9.17) is 14.9 Å². The highest BCUT2D eigenvalue weighted by atomic mass is 16.5. The Morgan fingerprint density at radius 1 is 1.23 bits per heavy atom. The van der Waals surface area contributed by atoms with Gasteiger partial charge in [-0.25, -0.2) is 9.50 Å². The van der Waals surface area contributed by atoms with Crippen molar-refractivity contribution in [2.24, 2.45) is 0 Å². The van der Waals surface area contributed by atoms with E-state index in [1.165, 1.54) is 0 Å². The number of nitrogen functional groups attached to an aromatic ring is 1.